The lowest BCUT2D eigenvalue weighted by Crippen LogP contribution is -2.54. The lowest BCUT2D eigenvalue weighted by molar-refractivity contribution is -0.162. The number of alkyl halides is 2. The summed E-state index contributed by atoms with van der Waals surface area (Å²) in [7, 11) is 2.88. The van der Waals surface area contributed by atoms with Crippen LogP contribution in [0.1, 0.15) is 49.8 Å². The normalized spacial score (nSPS) is 19.9. The Hall–Kier alpha value is -3.57. The van der Waals surface area contributed by atoms with Crippen molar-refractivity contribution in [3.8, 4) is 11.5 Å². The van der Waals surface area contributed by atoms with Crippen molar-refractivity contribution < 1.29 is 23.4 Å². The third-order valence-electron chi connectivity index (χ3n) is 7.67. The molecule has 1 aliphatic carbocycles. The molecule has 5 rings (SSSR count). The summed E-state index contributed by atoms with van der Waals surface area (Å²) >= 11 is 0. The van der Waals surface area contributed by atoms with Gasteiger partial charge in [-0.15, -0.1) is 5.10 Å². The summed E-state index contributed by atoms with van der Waals surface area (Å²) in [6.07, 6.45) is 6.60. The minimum atomic E-state index is -3.59. The van der Waals surface area contributed by atoms with Crippen LogP contribution in [-0.4, -0.2) is 62.6 Å². The van der Waals surface area contributed by atoms with E-state index in [0.29, 0.717) is 5.75 Å². The van der Waals surface area contributed by atoms with Crippen molar-refractivity contribution in [1.29, 1.82) is 0 Å². The number of fused-ring (bicyclic) bond motifs is 3. The van der Waals surface area contributed by atoms with E-state index in [2.05, 4.69) is 32.2 Å². The molecule has 202 valence electrons. The number of benzene rings is 1. The summed E-state index contributed by atoms with van der Waals surface area (Å²) in [4.78, 5) is 7.47. The molecule has 3 N–H and O–H groups in total. The number of aromatic nitrogens is 5. The molecule has 1 unspecified atom stereocenters. The molecular weight excluding hydrogens is 494 g/mol. The zero-order chi connectivity index (χ0) is 27.1. The minimum Gasteiger partial charge on any atom is -0.493 e. The molecule has 4 aromatic rings. The summed E-state index contributed by atoms with van der Waals surface area (Å²) in [6.45, 7) is 4.32. The quantitative estimate of drug-likeness (QED) is 0.279. The van der Waals surface area contributed by atoms with E-state index in [1.54, 1.807) is 10.8 Å². The van der Waals surface area contributed by atoms with Crippen LogP contribution in [0.4, 0.5) is 8.78 Å². The van der Waals surface area contributed by atoms with E-state index >= 15 is 8.78 Å². The first-order valence-corrected chi connectivity index (χ1v) is 12.6. The Balaban J connectivity index is 1.33. The Morgan fingerprint density at radius 1 is 1.18 bits per heavy atom. The van der Waals surface area contributed by atoms with Gasteiger partial charge in [-0.3, -0.25) is 0 Å². The van der Waals surface area contributed by atoms with Crippen LogP contribution in [0.25, 0.3) is 16.6 Å². The number of aliphatic hydroxyl groups is 1. The first-order valence-electron chi connectivity index (χ1n) is 12.6. The molecule has 3 heterocycles. The number of nitrogens with zero attached hydrogens (tertiary/aromatic N) is 4. The Bertz CT molecular complexity index is 1460. The van der Waals surface area contributed by atoms with E-state index in [1.165, 1.54) is 39.3 Å². The van der Waals surface area contributed by atoms with Gasteiger partial charge in [0.15, 0.2) is 17.1 Å². The predicted molar refractivity (Wildman–Crippen MR) is 139 cm³/mol. The number of nitrogens with one attached hydrogen (secondary N) is 2. The van der Waals surface area contributed by atoms with Crippen LogP contribution in [0.3, 0.4) is 0 Å². The van der Waals surface area contributed by atoms with E-state index in [-0.39, 0.29) is 29.8 Å². The number of H-pyrrole nitrogens is 1. The molecule has 3 aromatic heterocycles. The summed E-state index contributed by atoms with van der Waals surface area (Å²) in [5, 5.41) is 24.4. The fourth-order valence-electron chi connectivity index (χ4n) is 5.40. The molecule has 0 amide bonds. The molecule has 1 atom stereocenters. The van der Waals surface area contributed by atoms with Crippen molar-refractivity contribution in [3.05, 3.63) is 60.2 Å². The van der Waals surface area contributed by atoms with Crippen molar-refractivity contribution >= 4 is 16.6 Å². The van der Waals surface area contributed by atoms with E-state index < -0.39 is 17.1 Å². The van der Waals surface area contributed by atoms with Gasteiger partial charge in [0.1, 0.15) is 17.5 Å². The van der Waals surface area contributed by atoms with Crippen LogP contribution < -0.4 is 14.8 Å². The summed E-state index contributed by atoms with van der Waals surface area (Å²) in [5.41, 5.74) is -0.299. The average molecular weight is 527 g/mol. The van der Waals surface area contributed by atoms with Crippen molar-refractivity contribution in [3.63, 3.8) is 0 Å². The molecule has 0 aliphatic heterocycles. The Morgan fingerprint density at radius 2 is 1.92 bits per heavy atom. The summed E-state index contributed by atoms with van der Waals surface area (Å²) in [5.74, 6) is -2.76. The van der Waals surface area contributed by atoms with Gasteiger partial charge in [0.2, 0.25) is 0 Å². The molecule has 1 aromatic carbocycles. The van der Waals surface area contributed by atoms with Crippen LogP contribution in [0.5, 0.6) is 11.5 Å². The van der Waals surface area contributed by atoms with Gasteiger partial charge >= 0.3 is 5.92 Å². The number of hydrogen-bond donors (Lipinski definition) is 3. The van der Waals surface area contributed by atoms with E-state index in [0.717, 1.165) is 47.9 Å². The Kier molecular flexibility index (Phi) is 6.83. The third kappa shape index (κ3) is 4.29. The SMILES string of the molecule is C=C(C)C(F)(F)C(O)(CNC1CCC(c2nnn3cnc4[nH]ccc4c23)CC1)c1ccc(OC)c(OC)c1. The smallest absolute Gasteiger partial charge is 0.302 e. The number of rotatable bonds is 9. The second-order valence-electron chi connectivity index (χ2n) is 9.97. The second kappa shape index (κ2) is 9.95. The van der Waals surface area contributed by atoms with Crippen molar-refractivity contribution in [2.75, 3.05) is 20.8 Å². The van der Waals surface area contributed by atoms with Crippen LogP contribution in [0.15, 0.2) is 48.9 Å². The fourth-order valence-corrected chi connectivity index (χ4v) is 5.40. The van der Waals surface area contributed by atoms with Gasteiger partial charge in [-0.2, -0.15) is 8.78 Å². The van der Waals surface area contributed by atoms with E-state index in [1.807, 2.05) is 12.3 Å². The van der Waals surface area contributed by atoms with Crippen LogP contribution >= 0.6 is 0 Å². The highest BCUT2D eigenvalue weighted by atomic mass is 19.3. The zero-order valence-electron chi connectivity index (χ0n) is 21.7. The highest BCUT2D eigenvalue weighted by Crippen LogP contribution is 2.44. The molecule has 1 aliphatic rings. The van der Waals surface area contributed by atoms with Gasteiger partial charge in [-0.1, -0.05) is 17.9 Å². The van der Waals surface area contributed by atoms with Gasteiger partial charge < -0.3 is 24.9 Å². The Morgan fingerprint density at radius 3 is 2.61 bits per heavy atom. The third-order valence-corrected chi connectivity index (χ3v) is 7.67. The topological polar surface area (TPSA) is 110 Å². The molecule has 11 heteroatoms. The number of methoxy groups -OCH3 is 2. The molecule has 1 saturated carbocycles. The molecule has 0 radical (unpaired) electrons. The molecule has 0 spiro atoms. The molecule has 0 bridgehead atoms. The molecule has 9 nitrogen and oxygen atoms in total. The van der Waals surface area contributed by atoms with Gasteiger partial charge in [-0.25, -0.2) is 9.50 Å². The van der Waals surface area contributed by atoms with Gasteiger partial charge in [0, 0.05) is 30.1 Å². The lowest BCUT2D eigenvalue weighted by Gasteiger charge is -2.39. The maximum Gasteiger partial charge on any atom is 0.302 e. The number of ether oxygens (including phenoxy) is 2. The minimum absolute atomic E-state index is 0.0176. The first kappa shape index (κ1) is 26.1. The maximum absolute atomic E-state index is 15.5. The van der Waals surface area contributed by atoms with Gasteiger partial charge in [0.25, 0.3) is 0 Å². The number of hydrogen-bond acceptors (Lipinski definition) is 7. The van der Waals surface area contributed by atoms with E-state index in [9.17, 15) is 5.11 Å². The molecule has 0 saturated heterocycles. The van der Waals surface area contributed by atoms with Crippen LogP contribution in [0.2, 0.25) is 0 Å². The highest BCUT2D eigenvalue weighted by Gasteiger charge is 2.54. The monoisotopic (exact) mass is 526 g/mol. The van der Waals surface area contributed by atoms with Crippen LogP contribution in [0, 0.1) is 0 Å². The van der Waals surface area contributed by atoms with Crippen molar-refractivity contribution in [1.82, 2.24) is 30.1 Å². The summed E-state index contributed by atoms with van der Waals surface area (Å²) in [6, 6.07) is 6.26. The predicted octanol–water partition coefficient (Wildman–Crippen LogP) is 4.34. The molecular formula is C27H32F2N6O3. The molecule has 1 fully saturated rings. The van der Waals surface area contributed by atoms with Crippen molar-refractivity contribution in [2.45, 2.75) is 56.1 Å². The second-order valence-corrected chi connectivity index (χ2v) is 9.97. The largest absolute Gasteiger partial charge is 0.493 e. The standard InChI is InChI=1S/C27H32F2N6O3/c1-16(2)27(28,29)26(36,18-7-10-21(37-3)22(13-18)38-4)14-31-19-8-5-17(6-9-19)23-24-20-11-12-30-25(20)32-15-35(24)34-33-23/h7,10-13,15,17,19,30-31,36H,1,5-6,8-9,14H2,2-4H3. The highest BCUT2D eigenvalue weighted by molar-refractivity contribution is 5.92. The van der Waals surface area contributed by atoms with E-state index in [4.69, 9.17) is 9.47 Å². The average Bonchev–Trinajstić information content (AvgIpc) is 3.58. The van der Waals surface area contributed by atoms with Gasteiger partial charge in [0.05, 0.1) is 19.9 Å². The van der Waals surface area contributed by atoms with Crippen LogP contribution in [-0.2, 0) is 5.60 Å². The first-order chi connectivity index (χ1) is 18.2. The van der Waals surface area contributed by atoms with Gasteiger partial charge in [-0.05, 0) is 61.9 Å². The number of aromatic amines is 1. The zero-order valence-corrected chi connectivity index (χ0v) is 21.7. The van der Waals surface area contributed by atoms with Crippen molar-refractivity contribution in [2.24, 2.45) is 0 Å². The molecule has 38 heavy (non-hydrogen) atoms. The number of halogens is 2. The fraction of sp³-hybridized carbons (Fsp3) is 0.444. The maximum atomic E-state index is 15.5. The summed E-state index contributed by atoms with van der Waals surface area (Å²) < 4.78 is 43.2. The lowest BCUT2D eigenvalue weighted by atomic mass is 9.81. The Labute approximate surface area is 218 Å².